The monoisotopic (exact) mass is 1980 g/mol. The SMILES string of the molecule is C.CC(C)c1ncc[nH]1.CCC(C(=O)C[C@@H](Cc1cc(F)cc(F)c1)c1ncccc1-c1ccc(F)c(C(N)=O)c1)n1ccnc1C(C)C.CCC(C(=O)C[C@@H](Cc1cc(F)cc(F)c1)c1ncccc1-c1ccc(F)c(C(N)=O)c1)n1ccnc1C(C)C.CCC(C(=O)O)n1ccnc1C(C)C.CCOC(=O)C(Br)CC.NC(=O)c1cc(-c2cccnc2[C@@H](N)Cc2cc(F)cc(F)c2)ccc1F. The van der Waals surface area contributed by atoms with Gasteiger partial charge in [-0.2, -0.15) is 0 Å². The number of halogens is 10. The van der Waals surface area contributed by atoms with Crippen LogP contribution in [0.2, 0.25) is 0 Å². The van der Waals surface area contributed by atoms with Crippen molar-refractivity contribution < 1.29 is 82.9 Å². The predicted molar refractivity (Wildman–Crippen MR) is 520 cm³/mol. The number of carbonyl (C=O) groups excluding carboxylic acids is 6. The van der Waals surface area contributed by atoms with E-state index in [4.69, 9.17) is 32.8 Å². The number of pyridine rings is 3. The van der Waals surface area contributed by atoms with Gasteiger partial charge in [-0.3, -0.25) is 43.7 Å². The molecule has 0 spiro atoms. The second-order valence-electron chi connectivity index (χ2n) is 33.7. The van der Waals surface area contributed by atoms with Gasteiger partial charge in [-0.15, -0.1) is 0 Å². The maximum Gasteiger partial charge on any atom is 0.326 e. The molecule has 10 N–H and O–H groups in total. The first-order valence-corrected chi connectivity index (χ1v) is 45.9. The summed E-state index contributed by atoms with van der Waals surface area (Å²) in [5.74, 6) is -7.13. The largest absolute Gasteiger partial charge is 0.480 e. The molecule has 0 aliphatic rings. The Balaban J connectivity index is 0.000000247. The first-order chi connectivity index (χ1) is 65.6. The van der Waals surface area contributed by atoms with E-state index in [2.05, 4.69) is 69.6 Å². The van der Waals surface area contributed by atoms with Crippen LogP contribution in [-0.2, 0) is 43.2 Å². The van der Waals surface area contributed by atoms with Gasteiger partial charge >= 0.3 is 11.9 Å². The molecule has 0 fully saturated rings. The summed E-state index contributed by atoms with van der Waals surface area (Å²) >= 11 is 3.17. The van der Waals surface area contributed by atoms with Gasteiger partial charge in [0.05, 0.1) is 58.5 Å². The summed E-state index contributed by atoms with van der Waals surface area (Å²) < 4.78 is 136. The molecule has 7 atom stereocenters. The average molecular weight is 1990 g/mol. The topological polar surface area (TPSA) is 374 Å². The number of benzene rings is 6. The third-order valence-electron chi connectivity index (χ3n) is 22.2. The number of ether oxygens (including phenoxy) is 1. The maximum atomic E-state index is 14.2. The smallest absolute Gasteiger partial charge is 0.326 e. The Labute approximate surface area is 811 Å². The molecule has 738 valence electrons. The molecule has 0 radical (unpaired) electrons. The lowest BCUT2D eigenvalue weighted by Gasteiger charge is -2.24. The van der Waals surface area contributed by atoms with Gasteiger partial charge in [0.15, 0.2) is 11.6 Å². The van der Waals surface area contributed by atoms with E-state index in [-0.39, 0.29) is 96.3 Å². The number of alkyl halides is 1. The third-order valence-corrected chi connectivity index (χ3v) is 23.2. The maximum absolute atomic E-state index is 14.2. The number of rotatable bonds is 35. The molecule has 0 aliphatic carbocycles. The fourth-order valence-corrected chi connectivity index (χ4v) is 15.9. The van der Waals surface area contributed by atoms with E-state index in [9.17, 15) is 73.1 Å². The van der Waals surface area contributed by atoms with Crippen LogP contribution in [0.1, 0.15) is 284 Å². The Morgan fingerprint density at radius 3 is 1.01 bits per heavy atom. The number of primary amides is 3. The first kappa shape index (κ1) is 112. The zero-order valence-electron chi connectivity index (χ0n) is 78.9. The van der Waals surface area contributed by atoms with E-state index in [1.54, 1.807) is 104 Å². The van der Waals surface area contributed by atoms with Crippen LogP contribution in [0.25, 0.3) is 33.4 Å². The summed E-state index contributed by atoms with van der Waals surface area (Å²) in [6.45, 7) is 26.1. The van der Waals surface area contributed by atoms with Gasteiger partial charge in [0.1, 0.15) is 86.5 Å². The molecule has 3 amide bonds. The minimum Gasteiger partial charge on any atom is -0.480 e. The Bertz CT molecular complexity index is 6000. The standard InChI is InChI=1S/2C31H31F3N4O2.C20H16F3N3O.C10H16N2O2.C6H11BrO2.C6H10N2.CH4/c2*1-4-27(38-11-10-37-31(38)18(2)3)28(39)16-21(12-19-13-22(32)17-23(33)14-19)29-24(6-5-9-36-29)20-7-8-26(34)25(15-20)30(35)40;21-13-6-11(7-14(22)10-13)8-18(24)19-15(2-1-5-26-19)12-3-4-17(23)16(9-12)20(25)27;1-4-8(10(13)14)12-6-5-11-9(12)7(2)3;1-3-5(7)6(8)9-4-2;1-5(2)6-7-3-4-8-6;/h2*5-11,13-15,17-18,21,27H,4,12,16H2,1-3H3,(H2,35,40);1-7,9-10,18H,8,24H2,(H2,25,27);5-8H,4H2,1-3H3,(H,13,14);5H,3-4H2,1-2H3;3-5H,1-2H3,(H,7,8);1H4/t2*21-,27?;18-;;;;/m110..../s1. The van der Waals surface area contributed by atoms with Crippen molar-refractivity contribution in [3.05, 3.63) is 340 Å². The fraction of sp³-hybridized carbons (Fsp3) is 0.333. The van der Waals surface area contributed by atoms with E-state index in [0.29, 0.717) is 98.9 Å². The molecule has 24 nitrogen and oxygen atoms in total. The summed E-state index contributed by atoms with van der Waals surface area (Å²) in [7, 11) is 0. The molecule has 0 bridgehead atoms. The van der Waals surface area contributed by atoms with Crippen molar-refractivity contribution in [1.82, 2.24) is 53.6 Å². The van der Waals surface area contributed by atoms with Gasteiger partial charge in [0.25, 0.3) is 17.7 Å². The highest BCUT2D eigenvalue weighted by molar-refractivity contribution is 9.10. The number of aromatic amines is 1. The van der Waals surface area contributed by atoms with Crippen molar-refractivity contribution in [3.8, 4) is 33.4 Å². The van der Waals surface area contributed by atoms with E-state index < -0.39 is 112 Å². The molecular weight excluding hydrogens is 1870 g/mol. The highest BCUT2D eigenvalue weighted by Crippen LogP contribution is 2.39. The molecule has 6 aromatic carbocycles. The number of aliphatic carboxylic acids is 1. The van der Waals surface area contributed by atoms with Crippen LogP contribution in [0.4, 0.5) is 39.5 Å². The van der Waals surface area contributed by atoms with E-state index in [0.717, 1.165) is 66.1 Å². The second-order valence-corrected chi connectivity index (χ2v) is 34.8. The number of nitrogens with two attached hydrogens (primary N) is 4. The number of carbonyl (C=O) groups is 7. The van der Waals surface area contributed by atoms with Crippen LogP contribution in [0.15, 0.2) is 214 Å². The number of H-pyrrole nitrogens is 1. The normalized spacial score (nSPS) is 12.5. The van der Waals surface area contributed by atoms with Gasteiger partial charge < -0.3 is 51.5 Å². The number of hydrogen-bond acceptors (Lipinski definition) is 16. The van der Waals surface area contributed by atoms with Crippen molar-refractivity contribution in [2.45, 2.75) is 220 Å². The molecule has 7 aromatic heterocycles. The van der Waals surface area contributed by atoms with Crippen molar-refractivity contribution in [1.29, 1.82) is 0 Å². The van der Waals surface area contributed by atoms with E-state index in [1.807, 2.05) is 84.6 Å². The average Bonchev–Trinajstić information content (AvgIpc) is 1.37. The molecule has 4 unspecified atom stereocenters. The summed E-state index contributed by atoms with van der Waals surface area (Å²) in [6, 6.07) is 29.7. The molecule has 13 rings (SSSR count). The minimum atomic E-state index is -0.918. The highest BCUT2D eigenvalue weighted by atomic mass is 79.9. The lowest BCUT2D eigenvalue weighted by Crippen LogP contribution is -2.24. The quantitative estimate of drug-likeness (QED) is 0.0122. The van der Waals surface area contributed by atoms with Crippen LogP contribution < -0.4 is 22.9 Å². The summed E-state index contributed by atoms with van der Waals surface area (Å²) in [5, 5.41) is 9.00. The second kappa shape index (κ2) is 53.7. The van der Waals surface area contributed by atoms with E-state index >= 15 is 0 Å². The van der Waals surface area contributed by atoms with Gasteiger partial charge in [-0.25, -0.2) is 64.2 Å². The van der Waals surface area contributed by atoms with Crippen LogP contribution in [0.3, 0.4) is 0 Å². The lowest BCUT2D eigenvalue weighted by atomic mass is 9.85. The van der Waals surface area contributed by atoms with Crippen LogP contribution in [0, 0.1) is 52.4 Å². The van der Waals surface area contributed by atoms with Gasteiger partial charge in [0, 0.05) is 151 Å². The zero-order chi connectivity index (χ0) is 101. The Morgan fingerprint density at radius 2 is 0.727 bits per heavy atom. The molecule has 13 aromatic rings. The molecule has 0 saturated carbocycles. The number of amides is 3. The zero-order valence-corrected chi connectivity index (χ0v) is 80.5. The number of ketones is 2. The first-order valence-electron chi connectivity index (χ1n) is 45.0. The molecule has 34 heteroatoms. The molecule has 0 aliphatic heterocycles. The van der Waals surface area contributed by atoms with Crippen LogP contribution in [-0.4, -0.2) is 111 Å². The number of nitrogens with zero attached hydrogens (tertiary/aromatic N) is 10. The lowest BCUT2D eigenvalue weighted by molar-refractivity contribution is -0.142. The molecule has 139 heavy (non-hydrogen) atoms. The fourth-order valence-electron chi connectivity index (χ4n) is 15.7. The number of nitrogens with one attached hydrogen (secondary N) is 1. The predicted octanol–water partition coefficient (Wildman–Crippen LogP) is 22.5. The van der Waals surface area contributed by atoms with Crippen LogP contribution in [0.5, 0.6) is 0 Å². The third kappa shape index (κ3) is 31.6. The van der Waals surface area contributed by atoms with Crippen molar-refractivity contribution in [2.24, 2.45) is 22.9 Å². The van der Waals surface area contributed by atoms with Crippen molar-refractivity contribution in [3.63, 3.8) is 0 Å². The van der Waals surface area contributed by atoms with Crippen LogP contribution >= 0.6 is 15.9 Å². The van der Waals surface area contributed by atoms with Crippen molar-refractivity contribution >= 4 is 57.2 Å². The Hall–Kier alpha value is -13.9. The van der Waals surface area contributed by atoms with Gasteiger partial charge in [-0.1, -0.05) is 143 Å². The number of hydrogen-bond donors (Lipinski definition) is 6. The van der Waals surface area contributed by atoms with Gasteiger partial charge in [0.2, 0.25) is 0 Å². The number of Topliss-reactive ketones (excluding diaryl/α,β-unsaturated/α-hetero) is 2. The molecule has 7 heterocycles. The summed E-state index contributed by atoms with van der Waals surface area (Å²) in [5.41, 5.74) is 27.0. The summed E-state index contributed by atoms with van der Waals surface area (Å²) in [4.78, 5) is 118. The molecule has 0 saturated heterocycles. The molecular formula is C105H119BrF9N15O9. The summed E-state index contributed by atoms with van der Waals surface area (Å²) in [6.07, 6.45) is 21.4. The van der Waals surface area contributed by atoms with Crippen molar-refractivity contribution in [2.75, 3.05) is 6.61 Å². The number of carboxylic acids is 1. The highest BCUT2D eigenvalue weighted by Gasteiger charge is 2.33. The van der Waals surface area contributed by atoms with Gasteiger partial charge in [-0.05, 0) is 176 Å². The number of carboxylic acid groups (broad SMARTS) is 1. The number of imidazole rings is 4. The van der Waals surface area contributed by atoms with E-state index in [1.165, 1.54) is 79.0 Å². The Kier molecular flexibility index (Phi) is 43.3. The minimum absolute atomic E-state index is 0. The number of aromatic nitrogens is 11. The number of esters is 1. The Morgan fingerprint density at radius 1 is 0.403 bits per heavy atom.